The van der Waals surface area contributed by atoms with Crippen LogP contribution in [0.3, 0.4) is 0 Å². The minimum Gasteiger partial charge on any atom is -0.369 e. The number of hydrogen-bond donors (Lipinski definition) is 1. The predicted molar refractivity (Wildman–Crippen MR) is 145 cm³/mol. The molecule has 0 unspecified atom stereocenters. The molecular weight excluding hydrogens is 468 g/mol. The highest BCUT2D eigenvalue weighted by Gasteiger charge is 2.18. The second kappa shape index (κ2) is 10.4. The number of nitrogens with one attached hydrogen (secondary N) is 1. The van der Waals surface area contributed by atoms with E-state index in [4.69, 9.17) is 4.98 Å². The van der Waals surface area contributed by atoms with Gasteiger partial charge in [-0.1, -0.05) is 17.7 Å². The number of aryl methyl sites for hydroxylation is 2. The first-order valence-electron chi connectivity index (χ1n) is 12.4. The summed E-state index contributed by atoms with van der Waals surface area (Å²) in [5.74, 6) is 0.685. The summed E-state index contributed by atoms with van der Waals surface area (Å²) >= 11 is 0. The molecule has 2 heterocycles. The number of amides is 1. The van der Waals surface area contributed by atoms with Crippen LogP contribution in [0.4, 0.5) is 17.1 Å². The number of carbonyl (C=O) groups excluding carboxylic acids is 1. The minimum absolute atomic E-state index is 0.0490. The van der Waals surface area contributed by atoms with Crippen LogP contribution < -0.4 is 10.2 Å². The quantitative estimate of drug-likeness (QED) is 0.300. The fourth-order valence-electron chi connectivity index (χ4n) is 4.73. The van der Waals surface area contributed by atoms with Crippen molar-refractivity contribution < 1.29 is 9.72 Å². The van der Waals surface area contributed by atoms with Crippen LogP contribution in [0.2, 0.25) is 0 Å². The molecule has 9 nitrogen and oxygen atoms in total. The Labute approximate surface area is 215 Å². The van der Waals surface area contributed by atoms with Crippen molar-refractivity contribution in [2.45, 2.75) is 13.3 Å². The van der Waals surface area contributed by atoms with E-state index < -0.39 is 4.92 Å². The number of benzene rings is 3. The third-order valence-electron chi connectivity index (χ3n) is 6.99. The van der Waals surface area contributed by atoms with E-state index in [2.05, 4.69) is 50.9 Å². The lowest BCUT2D eigenvalue weighted by Crippen LogP contribution is -2.47. The highest BCUT2D eigenvalue weighted by atomic mass is 16.6. The molecule has 4 aromatic rings. The van der Waals surface area contributed by atoms with E-state index in [0.717, 1.165) is 56.0 Å². The van der Waals surface area contributed by atoms with Gasteiger partial charge in [0, 0.05) is 75.3 Å². The lowest BCUT2D eigenvalue weighted by atomic mass is 10.2. The van der Waals surface area contributed by atoms with E-state index in [1.54, 1.807) is 0 Å². The van der Waals surface area contributed by atoms with Crippen molar-refractivity contribution in [3.8, 4) is 0 Å². The molecule has 1 aliphatic rings. The van der Waals surface area contributed by atoms with Gasteiger partial charge in [0.15, 0.2) is 0 Å². The Morgan fingerprint density at radius 3 is 2.38 bits per heavy atom. The maximum atomic E-state index is 12.6. The molecule has 0 saturated carbocycles. The molecule has 3 aromatic carbocycles. The van der Waals surface area contributed by atoms with Crippen molar-refractivity contribution in [2.24, 2.45) is 7.05 Å². The van der Waals surface area contributed by atoms with Crippen molar-refractivity contribution in [1.29, 1.82) is 0 Å². The molecule has 9 heteroatoms. The smallest absolute Gasteiger partial charge is 0.269 e. The van der Waals surface area contributed by atoms with Gasteiger partial charge >= 0.3 is 0 Å². The third-order valence-corrected chi connectivity index (χ3v) is 6.99. The Hall–Kier alpha value is -4.24. The summed E-state index contributed by atoms with van der Waals surface area (Å²) in [4.78, 5) is 32.7. The Balaban J connectivity index is 1.19. The maximum Gasteiger partial charge on any atom is 0.269 e. The van der Waals surface area contributed by atoms with Gasteiger partial charge in [-0.3, -0.25) is 19.8 Å². The highest BCUT2D eigenvalue weighted by molar-refractivity contribution is 6.05. The molecule has 1 fully saturated rings. The molecule has 1 aromatic heterocycles. The number of carbonyl (C=O) groups is 1. The van der Waals surface area contributed by atoms with Crippen LogP contribution in [0.15, 0.2) is 66.7 Å². The Kier molecular flexibility index (Phi) is 6.87. The highest BCUT2D eigenvalue weighted by Crippen LogP contribution is 2.22. The molecular formula is C28H30N6O3. The topological polar surface area (TPSA) is 96.5 Å². The maximum absolute atomic E-state index is 12.6. The number of imidazole rings is 1. The van der Waals surface area contributed by atoms with Crippen LogP contribution >= 0.6 is 0 Å². The zero-order valence-corrected chi connectivity index (χ0v) is 21.1. The number of hydrogen-bond acceptors (Lipinski definition) is 6. The first-order chi connectivity index (χ1) is 17.9. The summed E-state index contributed by atoms with van der Waals surface area (Å²) in [6, 6.07) is 20.0. The number of anilines is 2. The van der Waals surface area contributed by atoms with E-state index in [-0.39, 0.29) is 11.6 Å². The molecule has 1 N–H and O–H groups in total. The molecule has 37 heavy (non-hydrogen) atoms. The molecule has 0 spiro atoms. The molecule has 1 amide bonds. The van der Waals surface area contributed by atoms with Gasteiger partial charge in [-0.2, -0.15) is 0 Å². The molecule has 190 valence electrons. The molecule has 0 aliphatic carbocycles. The molecule has 1 saturated heterocycles. The molecule has 1 aliphatic heterocycles. The van der Waals surface area contributed by atoms with E-state index in [1.165, 1.54) is 35.5 Å². The van der Waals surface area contributed by atoms with E-state index in [9.17, 15) is 14.9 Å². The van der Waals surface area contributed by atoms with Gasteiger partial charge in [0.25, 0.3) is 11.6 Å². The lowest BCUT2D eigenvalue weighted by molar-refractivity contribution is -0.384. The standard InChI is InChI=1S/C28H30N6O3/c1-20-3-8-23(9-4-20)33-17-15-32(16-18-33)14-13-27-30-25-19-22(7-12-26(25)31(27)2)29-28(35)21-5-10-24(11-6-21)34(36)37/h3-12,19H,13-18H2,1-2H3,(H,29,35). The van der Waals surface area contributed by atoms with Crippen molar-refractivity contribution >= 4 is 34.0 Å². The number of nitro groups is 1. The van der Waals surface area contributed by atoms with E-state index >= 15 is 0 Å². The summed E-state index contributed by atoms with van der Waals surface area (Å²) in [5, 5.41) is 13.7. The zero-order valence-electron chi connectivity index (χ0n) is 21.1. The van der Waals surface area contributed by atoms with Gasteiger partial charge in [-0.25, -0.2) is 4.98 Å². The Morgan fingerprint density at radius 1 is 1.00 bits per heavy atom. The average Bonchev–Trinajstić information content (AvgIpc) is 3.22. The summed E-state index contributed by atoms with van der Waals surface area (Å²) in [6.07, 6.45) is 0.847. The van der Waals surface area contributed by atoms with Crippen LogP contribution in [0.1, 0.15) is 21.7 Å². The minimum atomic E-state index is -0.486. The SMILES string of the molecule is Cc1ccc(N2CCN(CCc3nc4cc(NC(=O)c5ccc([N+](=O)[O-])cc5)ccc4n3C)CC2)cc1. The lowest BCUT2D eigenvalue weighted by Gasteiger charge is -2.36. The van der Waals surface area contributed by atoms with Crippen LogP contribution in [0.5, 0.6) is 0 Å². The largest absolute Gasteiger partial charge is 0.369 e. The van der Waals surface area contributed by atoms with Gasteiger partial charge < -0.3 is 14.8 Å². The third kappa shape index (κ3) is 5.46. The van der Waals surface area contributed by atoms with Crippen molar-refractivity contribution in [3.05, 3.63) is 93.8 Å². The number of fused-ring (bicyclic) bond motifs is 1. The summed E-state index contributed by atoms with van der Waals surface area (Å²) in [6.45, 7) is 7.14. The monoisotopic (exact) mass is 498 g/mol. The zero-order chi connectivity index (χ0) is 25.9. The average molecular weight is 499 g/mol. The second-order valence-electron chi connectivity index (χ2n) is 9.46. The fourth-order valence-corrected chi connectivity index (χ4v) is 4.73. The summed E-state index contributed by atoms with van der Waals surface area (Å²) < 4.78 is 2.11. The first kappa shape index (κ1) is 24.5. The van der Waals surface area contributed by atoms with Crippen LogP contribution in [-0.2, 0) is 13.5 Å². The van der Waals surface area contributed by atoms with E-state index in [0.29, 0.717) is 11.3 Å². The molecule has 0 radical (unpaired) electrons. The number of rotatable bonds is 7. The first-order valence-corrected chi connectivity index (χ1v) is 12.4. The van der Waals surface area contributed by atoms with Crippen molar-refractivity contribution in [1.82, 2.24) is 14.5 Å². The normalized spacial score (nSPS) is 14.2. The van der Waals surface area contributed by atoms with Crippen LogP contribution in [0, 0.1) is 17.0 Å². The Morgan fingerprint density at radius 2 is 1.70 bits per heavy atom. The number of nitrogens with zero attached hydrogens (tertiary/aromatic N) is 5. The van der Waals surface area contributed by atoms with Crippen LogP contribution in [0.25, 0.3) is 11.0 Å². The number of aromatic nitrogens is 2. The number of nitro benzene ring substituents is 1. The summed E-state index contributed by atoms with van der Waals surface area (Å²) in [5.41, 5.74) is 5.34. The fraction of sp³-hybridized carbons (Fsp3) is 0.286. The van der Waals surface area contributed by atoms with Crippen molar-refractivity contribution in [2.75, 3.05) is 42.9 Å². The van der Waals surface area contributed by atoms with E-state index in [1.807, 2.05) is 25.2 Å². The number of non-ortho nitro benzene ring substituents is 1. The van der Waals surface area contributed by atoms with Gasteiger partial charge in [0.1, 0.15) is 5.82 Å². The van der Waals surface area contributed by atoms with Gasteiger partial charge in [0.05, 0.1) is 16.0 Å². The van der Waals surface area contributed by atoms with Crippen LogP contribution in [-0.4, -0.2) is 58.0 Å². The number of piperazine rings is 1. The molecule has 0 bridgehead atoms. The van der Waals surface area contributed by atoms with Gasteiger partial charge in [-0.05, 0) is 49.4 Å². The molecule has 5 rings (SSSR count). The van der Waals surface area contributed by atoms with Gasteiger partial charge in [-0.15, -0.1) is 0 Å². The summed E-state index contributed by atoms with van der Waals surface area (Å²) in [7, 11) is 2.02. The van der Waals surface area contributed by atoms with Crippen molar-refractivity contribution in [3.63, 3.8) is 0 Å². The Bertz CT molecular complexity index is 1420. The molecule has 0 atom stereocenters. The van der Waals surface area contributed by atoms with Gasteiger partial charge in [0.2, 0.25) is 0 Å². The predicted octanol–water partition coefficient (Wildman–Crippen LogP) is 4.41. The second-order valence-corrected chi connectivity index (χ2v) is 9.46.